The van der Waals surface area contributed by atoms with Gasteiger partial charge >= 0.3 is 6.09 Å². The van der Waals surface area contributed by atoms with Crippen molar-refractivity contribution in [1.82, 2.24) is 20.0 Å². The largest absolute Gasteiger partial charge is 0.450 e. The molecule has 1 fully saturated rings. The van der Waals surface area contributed by atoms with Crippen LogP contribution in [0.15, 0.2) is 6.07 Å². The fourth-order valence-electron chi connectivity index (χ4n) is 3.12. The van der Waals surface area contributed by atoms with Crippen LogP contribution in [0.1, 0.15) is 50.4 Å². The molecule has 1 N–H and O–H groups in total. The normalized spacial score (nSPS) is 17.6. The van der Waals surface area contributed by atoms with Crippen LogP contribution >= 0.6 is 0 Å². The fraction of sp³-hybridized carbons (Fsp3) is 0.706. The summed E-state index contributed by atoms with van der Waals surface area (Å²) < 4.78 is 6.95. The van der Waals surface area contributed by atoms with Crippen LogP contribution < -0.4 is 5.32 Å². The Morgan fingerprint density at radius 1 is 1.33 bits per heavy atom. The van der Waals surface area contributed by atoms with Gasteiger partial charge in [0.25, 0.3) is 0 Å². The molecule has 2 heterocycles. The second-order valence-electron chi connectivity index (χ2n) is 6.58. The van der Waals surface area contributed by atoms with Gasteiger partial charge in [-0.15, -0.1) is 0 Å². The molecule has 1 aliphatic heterocycles. The third-order valence-electron chi connectivity index (χ3n) is 4.68. The molecule has 2 aliphatic rings. The second-order valence-corrected chi connectivity index (χ2v) is 6.58. The highest BCUT2D eigenvalue weighted by molar-refractivity contribution is 5.79. The Morgan fingerprint density at radius 2 is 2.17 bits per heavy atom. The second kappa shape index (κ2) is 7.68. The lowest BCUT2D eigenvalue weighted by atomic mass is 9.84. The summed E-state index contributed by atoms with van der Waals surface area (Å²) in [6.07, 6.45) is 4.54. The molecule has 0 radical (unpaired) electrons. The van der Waals surface area contributed by atoms with Crippen LogP contribution in [0.25, 0.3) is 0 Å². The first kappa shape index (κ1) is 16.8. The molecule has 1 aromatic rings. The van der Waals surface area contributed by atoms with Crippen molar-refractivity contribution in [2.24, 2.45) is 5.92 Å². The van der Waals surface area contributed by atoms with Crippen LogP contribution in [-0.2, 0) is 29.2 Å². The van der Waals surface area contributed by atoms with Gasteiger partial charge in [0.2, 0.25) is 5.91 Å². The first-order valence-electron chi connectivity index (χ1n) is 8.92. The van der Waals surface area contributed by atoms with E-state index in [4.69, 9.17) is 4.74 Å². The number of ether oxygens (including phenoxy) is 1. The van der Waals surface area contributed by atoms with E-state index in [0.717, 1.165) is 50.2 Å². The maximum absolute atomic E-state index is 12.5. The van der Waals surface area contributed by atoms with Crippen LogP contribution in [0, 0.1) is 5.92 Å². The number of carbonyl (C=O) groups is 2. The minimum Gasteiger partial charge on any atom is -0.450 e. The number of amides is 2. The van der Waals surface area contributed by atoms with E-state index in [0.29, 0.717) is 25.6 Å². The molecule has 7 nitrogen and oxygen atoms in total. The summed E-state index contributed by atoms with van der Waals surface area (Å²) in [6, 6.07) is 1.98. The maximum atomic E-state index is 12.5. The monoisotopic (exact) mass is 334 g/mol. The van der Waals surface area contributed by atoms with Gasteiger partial charge < -0.3 is 15.0 Å². The van der Waals surface area contributed by atoms with Gasteiger partial charge in [0, 0.05) is 19.0 Å². The lowest BCUT2D eigenvalue weighted by Crippen LogP contribution is -2.38. The number of carbonyl (C=O) groups excluding carboxylic acids is 2. The molecule has 7 heteroatoms. The molecule has 0 spiro atoms. The van der Waals surface area contributed by atoms with Gasteiger partial charge in [0.1, 0.15) is 0 Å². The van der Waals surface area contributed by atoms with Gasteiger partial charge in [0.15, 0.2) is 0 Å². The van der Waals surface area contributed by atoms with Crippen molar-refractivity contribution in [2.45, 2.75) is 58.7 Å². The summed E-state index contributed by atoms with van der Waals surface area (Å²) in [5, 5.41) is 7.26. The Balaban J connectivity index is 1.58. The molecule has 1 aromatic heterocycles. The number of aromatic nitrogens is 2. The maximum Gasteiger partial charge on any atom is 0.407 e. The average molecular weight is 334 g/mol. The number of alkyl carbamates (subject to hydrolysis) is 1. The first-order chi connectivity index (χ1) is 11.7. The first-order valence-corrected chi connectivity index (χ1v) is 8.92. The summed E-state index contributed by atoms with van der Waals surface area (Å²) in [5.74, 6) is 0.521. The third kappa shape index (κ3) is 3.88. The standard InChI is InChI=1S/C17H26N4O3/c1-2-9-24-17(23)18-11-14-10-15-12-20(7-4-8-21(15)19-14)16(22)13-5-3-6-13/h10,13H,2-9,11-12H2,1H3,(H,18,23). The van der Waals surface area contributed by atoms with Crippen molar-refractivity contribution >= 4 is 12.0 Å². The fourth-order valence-corrected chi connectivity index (χ4v) is 3.12. The Bertz CT molecular complexity index is 595. The van der Waals surface area contributed by atoms with E-state index in [2.05, 4.69) is 10.4 Å². The summed E-state index contributed by atoms with van der Waals surface area (Å²) >= 11 is 0. The summed E-state index contributed by atoms with van der Waals surface area (Å²) in [6.45, 7) is 4.95. The Morgan fingerprint density at radius 3 is 2.88 bits per heavy atom. The topological polar surface area (TPSA) is 76.5 Å². The van der Waals surface area contributed by atoms with E-state index in [1.165, 1.54) is 6.42 Å². The van der Waals surface area contributed by atoms with Gasteiger partial charge in [-0.3, -0.25) is 9.48 Å². The molecule has 0 saturated heterocycles. The summed E-state index contributed by atoms with van der Waals surface area (Å²) in [5.41, 5.74) is 1.84. The van der Waals surface area contributed by atoms with Crippen molar-refractivity contribution in [2.75, 3.05) is 13.2 Å². The molecule has 132 valence electrons. The minimum absolute atomic E-state index is 0.231. The lowest BCUT2D eigenvalue weighted by Gasteiger charge is -2.30. The molecule has 0 atom stereocenters. The Labute approximate surface area is 142 Å². The van der Waals surface area contributed by atoms with Gasteiger partial charge in [-0.1, -0.05) is 13.3 Å². The number of nitrogens with zero attached hydrogens (tertiary/aromatic N) is 3. The molecule has 0 unspecified atom stereocenters. The molecule has 2 amide bonds. The van der Waals surface area contributed by atoms with Gasteiger partial charge in [-0.25, -0.2) is 4.79 Å². The van der Waals surface area contributed by atoms with E-state index in [1.807, 2.05) is 22.6 Å². The Hall–Kier alpha value is -2.05. The smallest absolute Gasteiger partial charge is 0.407 e. The lowest BCUT2D eigenvalue weighted by molar-refractivity contribution is -0.138. The number of hydrogen-bond acceptors (Lipinski definition) is 4. The van der Waals surface area contributed by atoms with Crippen LogP contribution in [0.4, 0.5) is 4.79 Å². The van der Waals surface area contributed by atoms with Crippen molar-refractivity contribution < 1.29 is 14.3 Å². The predicted octanol–water partition coefficient (Wildman–Crippen LogP) is 2.05. The van der Waals surface area contributed by atoms with E-state index in [-0.39, 0.29) is 5.92 Å². The highest BCUT2D eigenvalue weighted by Crippen LogP contribution is 2.29. The predicted molar refractivity (Wildman–Crippen MR) is 88.1 cm³/mol. The van der Waals surface area contributed by atoms with Crippen molar-refractivity contribution in [3.05, 3.63) is 17.5 Å². The van der Waals surface area contributed by atoms with Crippen molar-refractivity contribution in [3.8, 4) is 0 Å². The van der Waals surface area contributed by atoms with E-state index in [9.17, 15) is 9.59 Å². The Kier molecular flexibility index (Phi) is 5.37. The molecule has 0 bridgehead atoms. The van der Waals surface area contributed by atoms with Gasteiger partial charge in [-0.2, -0.15) is 5.10 Å². The van der Waals surface area contributed by atoms with E-state index in [1.54, 1.807) is 0 Å². The van der Waals surface area contributed by atoms with Crippen LogP contribution in [0.2, 0.25) is 0 Å². The van der Waals surface area contributed by atoms with E-state index >= 15 is 0 Å². The minimum atomic E-state index is -0.415. The SMILES string of the molecule is CCCOC(=O)NCc1cc2n(n1)CCCN(C(=O)C1CCC1)C2. The third-order valence-corrected chi connectivity index (χ3v) is 4.68. The van der Waals surface area contributed by atoms with Gasteiger partial charge in [-0.05, 0) is 31.7 Å². The molecular formula is C17H26N4O3. The zero-order valence-electron chi connectivity index (χ0n) is 14.3. The molecule has 24 heavy (non-hydrogen) atoms. The zero-order chi connectivity index (χ0) is 16.9. The van der Waals surface area contributed by atoms with Crippen molar-refractivity contribution in [3.63, 3.8) is 0 Å². The van der Waals surface area contributed by atoms with Gasteiger partial charge in [0.05, 0.1) is 31.1 Å². The van der Waals surface area contributed by atoms with Crippen molar-refractivity contribution in [1.29, 1.82) is 0 Å². The number of nitrogens with one attached hydrogen (secondary N) is 1. The quantitative estimate of drug-likeness (QED) is 0.894. The number of aryl methyl sites for hydroxylation is 1. The highest BCUT2D eigenvalue weighted by atomic mass is 16.5. The molecule has 1 saturated carbocycles. The highest BCUT2D eigenvalue weighted by Gasteiger charge is 2.30. The molecule has 3 rings (SSSR count). The summed E-state index contributed by atoms with van der Waals surface area (Å²) in [4.78, 5) is 26.0. The van der Waals surface area contributed by atoms with E-state index < -0.39 is 6.09 Å². The zero-order valence-corrected chi connectivity index (χ0v) is 14.3. The van der Waals surface area contributed by atoms with Crippen LogP contribution in [0.3, 0.4) is 0 Å². The van der Waals surface area contributed by atoms with Crippen LogP contribution in [0.5, 0.6) is 0 Å². The molecule has 1 aliphatic carbocycles. The molecular weight excluding hydrogens is 308 g/mol. The average Bonchev–Trinajstić information content (AvgIpc) is 2.79. The summed E-state index contributed by atoms with van der Waals surface area (Å²) in [7, 11) is 0. The number of fused-ring (bicyclic) bond motifs is 1. The van der Waals surface area contributed by atoms with Crippen LogP contribution in [-0.4, -0.2) is 39.8 Å². The number of rotatable bonds is 5. The number of hydrogen-bond donors (Lipinski definition) is 1. The molecule has 0 aromatic carbocycles.